The Kier molecular flexibility index (Phi) is 7.15. The van der Waals surface area contributed by atoms with E-state index < -0.39 is 0 Å². The molecular weight excluding hydrogens is 288 g/mol. The highest BCUT2D eigenvalue weighted by Crippen LogP contribution is 2.32. The number of rotatable bonds is 5. The van der Waals surface area contributed by atoms with E-state index in [1.54, 1.807) is 7.11 Å². The van der Waals surface area contributed by atoms with E-state index in [1.165, 1.54) is 0 Å². The van der Waals surface area contributed by atoms with Gasteiger partial charge in [-0.15, -0.1) is 12.4 Å². The van der Waals surface area contributed by atoms with Crippen molar-refractivity contribution in [3.05, 3.63) is 30.3 Å². The van der Waals surface area contributed by atoms with Crippen LogP contribution in [0.5, 0.6) is 0 Å². The molecule has 1 saturated heterocycles. The Labute approximate surface area is 133 Å². The predicted octanol–water partition coefficient (Wildman–Crippen LogP) is 2.62. The molecule has 0 aromatic heterocycles. The number of methoxy groups -OCH3 is 1. The number of hydrogen-bond donors (Lipinski definition) is 1. The molecule has 1 amide bonds. The van der Waals surface area contributed by atoms with Crippen LogP contribution < -0.4 is 10.2 Å². The number of carbonyl (C=O) groups is 1. The van der Waals surface area contributed by atoms with Crippen molar-refractivity contribution in [2.45, 2.75) is 31.7 Å². The van der Waals surface area contributed by atoms with E-state index in [1.807, 2.05) is 42.2 Å². The van der Waals surface area contributed by atoms with Gasteiger partial charge in [-0.05, 0) is 38.1 Å². The summed E-state index contributed by atoms with van der Waals surface area (Å²) in [6, 6.07) is 9.95. The molecule has 1 fully saturated rings. The molecule has 0 atom stereocenters. The van der Waals surface area contributed by atoms with E-state index in [0.29, 0.717) is 13.0 Å². The summed E-state index contributed by atoms with van der Waals surface area (Å²) in [5.41, 5.74) is 0.743. The standard InChI is InChI=1S/C16H24N2O2.ClH/c1-3-15(19)18(14-7-5-4-6-8-14)16(13-20-2)9-11-17-12-10-16;/h4-8,17H,3,9-13H2,1-2H3;1H. The topological polar surface area (TPSA) is 41.6 Å². The first-order valence-corrected chi connectivity index (χ1v) is 7.31. The van der Waals surface area contributed by atoms with Crippen LogP contribution in [-0.2, 0) is 9.53 Å². The Bertz CT molecular complexity index is 428. The van der Waals surface area contributed by atoms with Crippen molar-refractivity contribution in [3.8, 4) is 0 Å². The Balaban J connectivity index is 0.00000220. The third-order valence-corrected chi connectivity index (χ3v) is 3.99. The second kappa shape index (κ2) is 8.37. The summed E-state index contributed by atoms with van der Waals surface area (Å²) in [4.78, 5) is 14.5. The van der Waals surface area contributed by atoms with Gasteiger partial charge in [0.15, 0.2) is 0 Å². The molecule has 1 N–H and O–H groups in total. The van der Waals surface area contributed by atoms with E-state index in [0.717, 1.165) is 31.6 Å². The van der Waals surface area contributed by atoms with Crippen LogP contribution in [0.1, 0.15) is 26.2 Å². The van der Waals surface area contributed by atoms with Gasteiger partial charge in [0.1, 0.15) is 0 Å². The molecule has 2 rings (SSSR count). The van der Waals surface area contributed by atoms with Crippen LogP contribution in [0.2, 0.25) is 0 Å². The summed E-state index contributed by atoms with van der Waals surface area (Å²) < 4.78 is 5.46. The van der Waals surface area contributed by atoms with E-state index >= 15 is 0 Å². The maximum absolute atomic E-state index is 12.5. The number of anilines is 1. The second-order valence-electron chi connectivity index (χ2n) is 5.33. The van der Waals surface area contributed by atoms with Gasteiger partial charge in [-0.1, -0.05) is 25.1 Å². The molecule has 0 radical (unpaired) electrons. The molecule has 0 bridgehead atoms. The molecule has 1 aliphatic heterocycles. The quantitative estimate of drug-likeness (QED) is 0.908. The molecule has 1 heterocycles. The van der Waals surface area contributed by atoms with Crippen molar-refractivity contribution in [1.29, 1.82) is 0 Å². The van der Waals surface area contributed by atoms with Crippen molar-refractivity contribution in [2.24, 2.45) is 0 Å². The minimum atomic E-state index is -0.228. The lowest BCUT2D eigenvalue weighted by Crippen LogP contribution is -2.59. The Morgan fingerprint density at radius 1 is 1.29 bits per heavy atom. The van der Waals surface area contributed by atoms with Gasteiger partial charge >= 0.3 is 0 Å². The van der Waals surface area contributed by atoms with E-state index in [2.05, 4.69) is 5.32 Å². The maximum atomic E-state index is 12.5. The fourth-order valence-corrected chi connectivity index (χ4v) is 3.01. The molecule has 4 nitrogen and oxygen atoms in total. The molecule has 1 aromatic carbocycles. The third-order valence-electron chi connectivity index (χ3n) is 3.99. The number of carbonyl (C=O) groups excluding carboxylic acids is 1. The smallest absolute Gasteiger partial charge is 0.227 e. The molecule has 1 aromatic rings. The van der Waals surface area contributed by atoms with Crippen molar-refractivity contribution in [2.75, 3.05) is 31.7 Å². The van der Waals surface area contributed by atoms with Crippen LogP contribution in [0.4, 0.5) is 5.69 Å². The lowest BCUT2D eigenvalue weighted by atomic mass is 9.86. The number of hydrogen-bond acceptors (Lipinski definition) is 3. The first-order valence-electron chi connectivity index (χ1n) is 7.31. The van der Waals surface area contributed by atoms with Crippen LogP contribution >= 0.6 is 12.4 Å². The summed E-state index contributed by atoms with van der Waals surface area (Å²) in [7, 11) is 1.71. The monoisotopic (exact) mass is 312 g/mol. The number of nitrogens with one attached hydrogen (secondary N) is 1. The van der Waals surface area contributed by atoms with Gasteiger partial charge in [-0.25, -0.2) is 0 Å². The van der Waals surface area contributed by atoms with Gasteiger partial charge in [0.05, 0.1) is 12.1 Å². The van der Waals surface area contributed by atoms with E-state index in [-0.39, 0.29) is 23.9 Å². The van der Waals surface area contributed by atoms with Crippen LogP contribution in [-0.4, -0.2) is 38.3 Å². The van der Waals surface area contributed by atoms with Gasteiger partial charge in [-0.3, -0.25) is 4.79 Å². The number of benzene rings is 1. The van der Waals surface area contributed by atoms with Crippen LogP contribution in [0.3, 0.4) is 0 Å². The van der Waals surface area contributed by atoms with Crippen LogP contribution in [0.25, 0.3) is 0 Å². The zero-order valence-corrected chi connectivity index (χ0v) is 13.6. The van der Waals surface area contributed by atoms with Crippen molar-refractivity contribution < 1.29 is 9.53 Å². The number of nitrogens with zero attached hydrogens (tertiary/aromatic N) is 1. The van der Waals surface area contributed by atoms with Gasteiger partial charge in [0, 0.05) is 19.2 Å². The lowest BCUT2D eigenvalue weighted by Gasteiger charge is -2.46. The largest absolute Gasteiger partial charge is 0.382 e. The molecule has 5 heteroatoms. The Morgan fingerprint density at radius 2 is 1.90 bits per heavy atom. The highest BCUT2D eigenvalue weighted by molar-refractivity contribution is 5.94. The third kappa shape index (κ3) is 3.96. The van der Waals surface area contributed by atoms with Gasteiger partial charge in [0.25, 0.3) is 0 Å². The normalized spacial score (nSPS) is 16.9. The summed E-state index contributed by atoms with van der Waals surface area (Å²) >= 11 is 0. The van der Waals surface area contributed by atoms with Crippen molar-refractivity contribution in [3.63, 3.8) is 0 Å². The zero-order chi connectivity index (χ0) is 14.4. The van der Waals surface area contributed by atoms with E-state index in [9.17, 15) is 4.79 Å². The van der Waals surface area contributed by atoms with Gasteiger partial charge in [-0.2, -0.15) is 0 Å². The van der Waals surface area contributed by atoms with Crippen LogP contribution in [0, 0.1) is 0 Å². The number of para-hydroxylation sites is 1. The van der Waals surface area contributed by atoms with E-state index in [4.69, 9.17) is 4.74 Å². The maximum Gasteiger partial charge on any atom is 0.227 e. The molecule has 0 saturated carbocycles. The highest BCUT2D eigenvalue weighted by Gasteiger charge is 2.41. The summed E-state index contributed by atoms with van der Waals surface area (Å²) in [6.45, 7) is 4.34. The average molecular weight is 313 g/mol. The van der Waals surface area contributed by atoms with Gasteiger partial charge < -0.3 is 15.0 Å². The number of piperidine rings is 1. The minimum Gasteiger partial charge on any atom is -0.382 e. The molecular formula is C16H25ClN2O2. The number of halogens is 1. The fourth-order valence-electron chi connectivity index (χ4n) is 3.01. The molecule has 21 heavy (non-hydrogen) atoms. The lowest BCUT2D eigenvalue weighted by molar-refractivity contribution is -0.120. The average Bonchev–Trinajstić information content (AvgIpc) is 2.49. The molecule has 0 spiro atoms. The van der Waals surface area contributed by atoms with Crippen molar-refractivity contribution >= 4 is 24.0 Å². The number of ether oxygens (including phenoxy) is 1. The molecule has 118 valence electrons. The Hall–Kier alpha value is -1.10. The van der Waals surface area contributed by atoms with Crippen molar-refractivity contribution in [1.82, 2.24) is 5.32 Å². The highest BCUT2D eigenvalue weighted by atomic mass is 35.5. The fraction of sp³-hybridized carbons (Fsp3) is 0.562. The first kappa shape index (κ1) is 18.0. The zero-order valence-electron chi connectivity index (χ0n) is 12.8. The number of amides is 1. The Morgan fingerprint density at radius 3 is 2.43 bits per heavy atom. The van der Waals surface area contributed by atoms with Gasteiger partial charge in [0.2, 0.25) is 5.91 Å². The summed E-state index contributed by atoms with van der Waals surface area (Å²) in [5.74, 6) is 0.162. The molecule has 1 aliphatic rings. The minimum absolute atomic E-state index is 0. The first-order chi connectivity index (χ1) is 9.73. The second-order valence-corrected chi connectivity index (χ2v) is 5.33. The molecule has 0 aliphatic carbocycles. The molecule has 0 unspecified atom stereocenters. The summed E-state index contributed by atoms with van der Waals surface area (Å²) in [5, 5.41) is 3.37. The summed E-state index contributed by atoms with van der Waals surface area (Å²) in [6.07, 6.45) is 2.34. The SMILES string of the molecule is CCC(=O)N(c1ccccc1)C1(COC)CCNCC1.Cl. The predicted molar refractivity (Wildman–Crippen MR) is 88.2 cm³/mol. The van der Waals surface area contributed by atoms with Crippen LogP contribution in [0.15, 0.2) is 30.3 Å².